The minimum absolute atomic E-state index is 0.0157. The third kappa shape index (κ3) is 8.15. The molecule has 0 aromatic rings. The lowest BCUT2D eigenvalue weighted by Gasteiger charge is -2.55. The summed E-state index contributed by atoms with van der Waals surface area (Å²) in [5.74, 6) is 2.56. The van der Waals surface area contributed by atoms with Crippen molar-refractivity contribution in [3.63, 3.8) is 0 Å². The highest BCUT2D eigenvalue weighted by Gasteiger charge is 2.53. The van der Waals surface area contributed by atoms with Crippen LogP contribution in [0.3, 0.4) is 0 Å². The highest BCUT2D eigenvalue weighted by atomic mass is 28.4. The Labute approximate surface area is 320 Å². The molecule has 5 nitrogen and oxygen atoms in total. The molecular weight excluding hydrogens is 677 g/mol. The summed E-state index contributed by atoms with van der Waals surface area (Å²) in [6.07, 6.45) is 20.7. The van der Waals surface area contributed by atoms with Crippen molar-refractivity contribution in [1.82, 2.24) is 0 Å². The largest absolute Gasteiger partial charge is 0.457 e. The number of allylic oxidation sites excluding steroid dienone is 4. The molecule has 6 saturated carbocycles. The Balaban J connectivity index is 1.13. The van der Waals surface area contributed by atoms with E-state index in [2.05, 4.69) is 106 Å². The number of hydrogen-bond acceptors (Lipinski definition) is 5. The van der Waals surface area contributed by atoms with Gasteiger partial charge in [-0.1, -0.05) is 78.8 Å². The Bertz CT molecular complexity index is 1440. The van der Waals surface area contributed by atoms with Gasteiger partial charge in [-0.25, -0.2) is 4.79 Å². The molecule has 0 aliphatic heterocycles. The minimum Gasteiger partial charge on any atom is -0.457 e. The van der Waals surface area contributed by atoms with E-state index < -0.39 is 16.6 Å². The van der Waals surface area contributed by atoms with E-state index >= 15 is 0 Å². The standard InChI is InChI=1S/C45H74O5Si2/c1-30-36(24-37(49-51(10,11)42(3,4)5)25-40(30)50-52(12,13)43(6,7)8)17-16-35-15-14-20-44(9)38(18-19-39(35)44)31(2)47-29-41(46)48-45-26-32-21-33(27-45)23-34(22-32)28-45/h16-18,31-34,37,39-40H,1,14-15,19-29H2,2-13H3/b35-16+,36-17-/t31?,32?,33?,34?,37-,39+,40+,44-,45?/m1/s1. The van der Waals surface area contributed by atoms with E-state index in [9.17, 15) is 4.79 Å². The molecule has 0 spiro atoms. The molecule has 0 aromatic heterocycles. The lowest BCUT2D eigenvalue weighted by Crippen LogP contribution is -2.53. The second-order valence-corrected chi connectivity index (χ2v) is 31.0. The van der Waals surface area contributed by atoms with Crippen LogP contribution in [0.4, 0.5) is 0 Å². The summed E-state index contributed by atoms with van der Waals surface area (Å²) in [4.78, 5) is 13.2. The summed E-state index contributed by atoms with van der Waals surface area (Å²) in [6.45, 7) is 32.7. The molecule has 7 aliphatic carbocycles. The molecule has 1 unspecified atom stereocenters. The van der Waals surface area contributed by atoms with Gasteiger partial charge in [-0.3, -0.25) is 0 Å². The fourth-order valence-corrected chi connectivity index (χ4v) is 13.6. The van der Waals surface area contributed by atoms with E-state index in [4.69, 9.17) is 18.3 Å². The molecule has 7 rings (SSSR count). The van der Waals surface area contributed by atoms with Crippen LogP contribution in [0.2, 0.25) is 36.3 Å². The van der Waals surface area contributed by atoms with E-state index in [1.807, 2.05) is 0 Å². The Morgan fingerprint density at radius 1 is 0.923 bits per heavy atom. The zero-order valence-electron chi connectivity index (χ0n) is 35.2. The van der Waals surface area contributed by atoms with Crippen molar-refractivity contribution in [3.8, 4) is 0 Å². The molecule has 0 saturated heterocycles. The molecule has 0 N–H and O–H groups in total. The van der Waals surface area contributed by atoms with E-state index in [1.165, 1.54) is 36.0 Å². The van der Waals surface area contributed by atoms with Crippen molar-refractivity contribution < 1.29 is 23.1 Å². The SMILES string of the molecule is C=C1/C(=C\C=C2/CCC[C@]3(C)C(C(C)OCC(=O)OC45CC6CC(CC(C6)C4)C5)=CC[C@@H]23)C[C@@H](O[Si](C)(C)C(C)(C)C)C[C@@H]1O[Si](C)(C)C(C)(C)C. The highest BCUT2D eigenvalue weighted by molar-refractivity contribution is 6.74. The maximum atomic E-state index is 13.2. The van der Waals surface area contributed by atoms with Gasteiger partial charge >= 0.3 is 5.97 Å². The average Bonchev–Trinajstić information content (AvgIpc) is 3.36. The van der Waals surface area contributed by atoms with Gasteiger partial charge in [0.2, 0.25) is 0 Å². The number of rotatable bonds is 10. The minimum atomic E-state index is -2.02. The maximum Gasteiger partial charge on any atom is 0.332 e. The van der Waals surface area contributed by atoms with Gasteiger partial charge < -0.3 is 18.3 Å². The second-order valence-electron chi connectivity index (χ2n) is 21.5. The Kier molecular flexibility index (Phi) is 11.2. The first-order valence-electron chi connectivity index (χ1n) is 21.0. The number of fused-ring (bicyclic) bond motifs is 1. The first kappa shape index (κ1) is 40.4. The van der Waals surface area contributed by atoms with Crippen LogP contribution < -0.4 is 0 Å². The van der Waals surface area contributed by atoms with Gasteiger partial charge in [0.1, 0.15) is 12.2 Å². The first-order valence-corrected chi connectivity index (χ1v) is 26.8. The Morgan fingerprint density at radius 2 is 1.50 bits per heavy atom. The highest BCUT2D eigenvalue weighted by Crippen LogP contribution is 2.58. The van der Waals surface area contributed by atoms with Gasteiger partial charge in [-0.2, -0.15) is 0 Å². The van der Waals surface area contributed by atoms with E-state index in [0.29, 0.717) is 5.92 Å². The second kappa shape index (κ2) is 14.4. The molecular formula is C45H74O5Si2. The summed E-state index contributed by atoms with van der Waals surface area (Å²) in [7, 11) is -3.99. The normalized spacial score (nSPS) is 37.4. The van der Waals surface area contributed by atoms with E-state index in [1.54, 1.807) is 0 Å². The number of hydrogen-bond donors (Lipinski definition) is 0. The van der Waals surface area contributed by atoms with Gasteiger partial charge in [0, 0.05) is 6.42 Å². The summed E-state index contributed by atoms with van der Waals surface area (Å²) in [6, 6.07) is 0. The molecule has 52 heavy (non-hydrogen) atoms. The third-order valence-electron chi connectivity index (χ3n) is 15.5. The van der Waals surface area contributed by atoms with Crippen molar-refractivity contribution in [2.24, 2.45) is 29.1 Å². The van der Waals surface area contributed by atoms with E-state index in [0.717, 1.165) is 81.1 Å². The van der Waals surface area contributed by atoms with Crippen LogP contribution in [0.1, 0.15) is 132 Å². The molecule has 4 bridgehead atoms. The predicted octanol–water partition coefficient (Wildman–Crippen LogP) is 12.0. The predicted molar refractivity (Wildman–Crippen MR) is 219 cm³/mol. The number of carbonyl (C=O) groups excluding carboxylic acids is 1. The lowest BCUT2D eigenvalue weighted by atomic mass is 9.54. The van der Waals surface area contributed by atoms with Gasteiger partial charge in [-0.05, 0) is 160 Å². The fraction of sp³-hybridized carbons (Fsp3) is 0.800. The quantitative estimate of drug-likeness (QED) is 0.126. The van der Waals surface area contributed by atoms with Crippen molar-refractivity contribution in [1.29, 1.82) is 0 Å². The Hall–Kier alpha value is -1.26. The lowest BCUT2D eigenvalue weighted by molar-refractivity contribution is -0.191. The van der Waals surface area contributed by atoms with E-state index in [-0.39, 0.29) is 52.0 Å². The molecule has 0 radical (unpaired) electrons. The van der Waals surface area contributed by atoms with Crippen LogP contribution in [0.25, 0.3) is 0 Å². The van der Waals surface area contributed by atoms with Crippen molar-refractivity contribution in [2.75, 3.05) is 6.61 Å². The zero-order chi connectivity index (χ0) is 38.1. The van der Waals surface area contributed by atoms with Crippen molar-refractivity contribution in [2.45, 2.75) is 193 Å². The summed E-state index contributed by atoms with van der Waals surface area (Å²) in [5, 5.41) is 0.278. The average molecular weight is 751 g/mol. The molecule has 7 heteroatoms. The molecule has 7 aliphatic rings. The molecule has 5 atom stereocenters. The van der Waals surface area contributed by atoms with Gasteiger partial charge in [-0.15, -0.1) is 0 Å². The molecule has 6 fully saturated rings. The monoisotopic (exact) mass is 751 g/mol. The molecule has 0 amide bonds. The third-order valence-corrected chi connectivity index (χ3v) is 24.6. The smallest absolute Gasteiger partial charge is 0.332 e. The summed E-state index contributed by atoms with van der Waals surface area (Å²) in [5.41, 5.74) is 5.16. The van der Waals surface area contributed by atoms with Crippen LogP contribution in [0, 0.1) is 29.1 Å². The van der Waals surface area contributed by atoms with Crippen LogP contribution in [-0.4, -0.2) is 53.1 Å². The summed E-state index contributed by atoms with van der Waals surface area (Å²) < 4.78 is 26.9. The zero-order valence-corrected chi connectivity index (χ0v) is 37.2. The van der Waals surface area contributed by atoms with Gasteiger partial charge in [0.25, 0.3) is 0 Å². The van der Waals surface area contributed by atoms with Crippen LogP contribution >= 0.6 is 0 Å². The number of carbonyl (C=O) groups is 1. The molecule has 0 heterocycles. The first-order chi connectivity index (χ1) is 24.0. The number of ether oxygens (including phenoxy) is 2. The van der Waals surface area contributed by atoms with Crippen LogP contribution in [0.15, 0.2) is 47.1 Å². The summed E-state index contributed by atoms with van der Waals surface area (Å²) >= 11 is 0. The van der Waals surface area contributed by atoms with Gasteiger partial charge in [0.15, 0.2) is 16.6 Å². The Morgan fingerprint density at radius 3 is 2.08 bits per heavy atom. The maximum absolute atomic E-state index is 13.2. The number of esters is 1. The van der Waals surface area contributed by atoms with Crippen molar-refractivity contribution in [3.05, 3.63) is 47.1 Å². The van der Waals surface area contributed by atoms with Gasteiger partial charge in [0.05, 0.1) is 18.3 Å². The van der Waals surface area contributed by atoms with Crippen LogP contribution in [0.5, 0.6) is 0 Å². The molecule has 292 valence electrons. The fourth-order valence-electron chi connectivity index (χ4n) is 11.0. The van der Waals surface area contributed by atoms with Crippen molar-refractivity contribution >= 4 is 22.6 Å². The van der Waals surface area contributed by atoms with Crippen LogP contribution in [-0.2, 0) is 23.1 Å². The topological polar surface area (TPSA) is 54.0 Å². The molecule has 0 aromatic carbocycles.